The smallest absolute Gasteiger partial charge is 0.124 e. The average Bonchev–Trinajstić information content (AvgIpc) is 2.40. The average molecular weight is 557 g/mol. The van der Waals surface area contributed by atoms with Crippen molar-refractivity contribution in [2.45, 2.75) is 20.3 Å². The van der Waals surface area contributed by atoms with Crippen molar-refractivity contribution in [3.8, 4) is 0 Å². The van der Waals surface area contributed by atoms with Crippen LogP contribution in [0.5, 0.6) is 0 Å². The second-order valence-corrected chi connectivity index (χ2v) is 8.14. The first kappa shape index (κ1) is 19.9. The molecule has 0 radical (unpaired) electrons. The summed E-state index contributed by atoms with van der Waals surface area (Å²) >= 11 is 13.5. The molecule has 2 aromatic carbocycles. The van der Waals surface area contributed by atoms with E-state index in [1.54, 1.807) is 0 Å². The highest BCUT2D eigenvalue weighted by molar-refractivity contribution is 9.11. The largest absolute Gasteiger partial charge is 0.397 e. The van der Waals surface area contributed by atoms with Gasteiger partial charge >= 0.3 is 0 Å². The molecule has 22 heavy (non-hydrogen) atoms. The normalized spacial score (nSPS) is 9.91. The quantitative estimate of drug-likeness (QED) is 0.345. The van der Waals surface area contributed by atoms with E-state index in [1.807, 2.05) is 38.1 Å². The van der Waals surface area contributed by atoms with Gasteiger partial charge in [-0.3, -0.25) is 0 Å². The van der Waals surface area contributed by atoms with Gasteiger partial charge in [0, 0.05) is 24.3 Å². The minimum atomic E-state index is 0.446. The second kappa shape index (κ2) is 9.21. The van der Waals surface area contributed by atoms with Crippen LogP contribution in [0.4, 0.5) is 5.69 Å². The number of hydrogen-bond donors (Lipinski definition) is 1. The van der Waals surface area contributed by atoms with Crippen LogP contribution in [0.25, 0.3) is 0 Å². The van der Waals surface area contributed by atoms with Crippen molar-refractivity contribution in [1.82, 2.24) is 0 Å². The number of carbonyl (C=O) groups excluding carboxylic acids is 1. The Morgan fingerprint density at radius 3 is 1.59 bits per heavy atom. The van der Waals surface area contributed by atoms with E-state index in [0.717, 1.165) is 35.4 Å². The molecule has 2 rings (SSSR count). The van der Waals surface area contributed by atoms with Crippen LogP contribution in [-0.2, 0) is 11.2 Å². The van der Waals surface area contributed by atoms with Gasteiger partial charge in [-0.05, 0) is 86.7 Å². The molecular weight excluding hydrogens is 542 g/mol. The third-order valence-corrected chi connectivity index (χ3v) is 5.52. The van der Waals surface area contributed by atoms with Gasteiger partial charge in [-0.15, -0.1) is 0 Å². The summed E-state index contributed by atoms with van der Waals surface area (Å²) in [5.74, 6) is 0. The first-order valence-electron chi connectivity index (χ1n) is 6.35. The topological polar surface area (TPSA) is 43.1 Å². The van der Waals surface area contributed by atoms with Gasteiger partial charge in [-0.25, -0.2) is 0 Å². The molecule has 0 aliphatic carbocycles. The molecule has 0 unspecified atom stereocenters. The Morgan fingerprint density at radius 1 is 0.864 bits per heavy atom. The van der Waals surface area contributed by atoms with E-state index in [2.05, 4.69) is 63.7 Å². The summed E-state index contributed by atoms with van der Waals surface area (Å²) in [6.07, 6.45) is 1.35. The number of rotatable bonds is 2. The fourth-order valence-corrected chi connectivity index (χ4v) is 4.87. The van der Waals surface area contributed by atoms with Crippen LogP contribution in [0, 0.1) is 13.8 Å². The SMILES string of the molecule is Cc1cc(Br)c(CC=O)c(Br)c1.Cc1cc(Br)c(N)c(Br)c1. The number of hydrogen-bond acceptors (Lipinski definition) is 2. The van der Waals surface area contributed by atoms with Crippen LogP contribution in [0.2, 0.25) is 0 Å². The molecule has 0 atom stereocenters. The number of carbonyl (C=O) groups is 1. The zero-order valence-corrected chi connectivity index (χ0v) is 18.4. The van der Waals surface area contributed by atoms with Crippen LogP contribution in [0.15, 0.2) is 42.2 Å². The van der Waals surface area contributed by atoms with E-state index in [1.165, 1.54) is 11.1 Å². The van der Waals surface area contributed by atoms with Crippen LogP contribution in [0.3, 0.4) is 0 Å². The van der Waals surface area contributed by atoms with Gasteiger partial charge < -0.3 is 10.5 Å². The van der Waals surface area contributed by atoms with Gasteiger partial charge in [-0.1, -0.05) is 31.9 Å². The number of anilines is 1. The van der Waals surface area contributed by atoms with E-state index in [-0.39, 0.29) is 0 Å². The summed E-state index contributed by atoms with van der Waals surface area (Å²) in [4.78, 5) is 10.3. The monoisotopic (exact) mass is 553 g/mol. The van der Waals surface area contributed by atoms with E-state index < -0.39 is 0 Å². The maximum Gasteiger partial charge on any atom is 0.124 e. The number of aryl methyl sites for hydroxylation is 2. The molecule has 2 nitrogen and oxygen atoms in total. The fourth-order valence-electron chi connectivity index (χ4n) is 1.72. The van der Waals surface area contributed by atoms with E-state index in [0.29, 0.717) is 6.42 Å². The number of nitrogen functional groups attached to an aromatic ring is 1. The molecule has 118 valence electrons. The lowest BCUT2D eigenvalue weighted by Gasteiger charge is -2.04. The first-order valence-corrected chi connectivity index (χ1v) is 9.52. The van der Waals surface area contributed by atoms with Gasteiger partial charge in [0.1, 0.15) is 6.29 Å². The van der Waals surface area contributed by atoms with Crippen molar-refractivity contribution in [3.63, 3.8) is 0 Å². The Labute approximate surface area is 164 Å². The second-order valence-electron chi connectivity index (χ2n) is 4.72. The zero-order valence-electron chi connectivity index (χ0n) is 12.1. The van der Waals surface area contributed by atoms with Crippen molar-refractivity contribution in [1.29, 1.82) is 0 Å². The van der Waals surface area contributed by atoms with Crippen LogP contribution >= 0.6 is 63.7 Å². The summed E-state index contributed by atoms with van der Waals surface area (Å²) in [6, 6.07) is 7.98. The fraction of sp³-hybridized carbons (Fsp3) is 0.188. The number of aldehydes is 1. The van der Waals surface area contributed by atoms with Crippen molar-refractivity contribution < 1.29 is 4.79 Å². The Balaban J connectivity index is 0.000000224. The highest BCUT2D eigenvalue weighted by Gasteiger charge is 2.04. The third-order valence-electron chi connectivity index (χ3n) is 2.80. The van der Waals surface area contributed by atoms with Crippen molar-refractivity contribution in [3.05, 3.63) is 58.8 Å². The Kier molecular flexibility index (Phi) is 8.32. The van der Waals surface area contributed by atoms with E-state index in [4.69, 9.17) is 5.73 Å². The minimum absolute atomic E-state index is 0.446. The molecule has 0 aliphatic heterocycles. The summed E-state index contributed by atoms with van der Waals surface area (Å²) in [7, 11) is 0. The van der Waals surface area contributed by atoms with Gasteiger partial charge in [0.2, 0.25) is 0 Å². The predicted molar refractivity (Wildman–Crippen MR) is 107 cm³/mol. The highest BCUT2D eigenvalue weighted by Crippen LogP contribution is 2.29. The standard InChI is InChI=1S/C9H8Br2O.C7H7Br2N/c1-6-4-8(10)7(2-3-12)9(11)5-6;1-4-2-5(8)7(10)6(9)3-4/h3-5H,2H2,1H3;2-3H,10H2,1H3. The summed E-state index contributed by atoms with van der Waals surface area (Å²) in [5.41, 5.74) is 9.78. The molecule has 0 aromatic heterocycles. The molecule has 0 saturated heterocycles. The van der Waals surface area contributed by atoms with Gasteiger partial charge in [0.15, 0.2) is 0 Å². The molecule has 0 fully saturated rings. The molecule has 2 N–H and O–H groups in total. The van der Waals surface area contributed by atoms with Gasteiger partial charge in [0.25, 0.3) is 0 Å². The van der Waals surface area contributed by atoms with Crippen molar-refractivity contribution in [2.75, 3.05) is 5.73 Å². The maximum atomic E-state index is 10.3. The summed E-state index contributed by atoms with van der Waals surface area (Å²) in [6.45, 7) is 4.04. The molecule has 0 bridgehead atoms. The predicted octanol–water partition coefficient (Wildman–Crippen LogP) is 6.36. The lowest BCUT2D eigenvalue weighted by molar-refractivity contribution is -0.107. The minimum Gasteiger partial charge on any atom is -0.397 e. The molecule has 2 aromatic rings. The number of nitrogens with two attached hydrogens (primary N) is 1. The zero-order chi connectivity index (χ0) is 16.9. The highest BCUT2D eigenvalue weighted by atomic mass is 79.9. The molecule has 6 heteroatoms. The molecule has 0 spiro atoms. The van der Waals surface area contributed by atoms with E-state index in [9.17, 15) is 4.79 Å². The molecule has 0 saturated carbocycles. The Morgan fingerprint density at radius 2 is 1.23 bits per heavy atom. The Hall–Kier alpha value is -0.170. The first-order chi connectivity index (χ1) is 10.3. The Bertz CT molecular complexity index is 640. The number of benzene rings is 2. The van der Waals surface area contributed by atoms with Gasteiger partial charge in [-0.2, -0.15) is 0 Å². The summed E-state index contributed by atoms with van der Waals surface area (Å²) < 4.78 is 3.86. The van der Waals surface area contributed by atoms with Crippen molar-refractivity contribution >= 4 is 75.7 Å². The molecule has 0 amide bonds. The molecule has 0 aliphatic rings. The lowest BCUT2D eigenvalue weighted by Crippen LogP contribution is -1.90. The van der Waals surface area contributed by atoms with Crippen molar-refractivity contribution in [2.24, 2.45) is 0 Å². The third kappa shape index (κ3) is 5.80. The summed E-state index contributed by atoms with van der Waals surface area (Å²) in [5, 5.41) is 0. The van der Waals surface area contributed by atoms with E-state index >= 15 is 0 Å². The molecular formula is C16H15Br4NO. The van der Waals surface area contributed by atoms with Crippen LogP contribution in [-0.4, -0.2) is 6.29 Å². The number of halogens is 4. The van der Waals surface area contributed by atoms with Gasteiger partial charge in [0.05, 0.1) is 5.69 Å². The van der Waals surface area contributed by atoms with Crippen LogP contribution < -0.4 is 5.73 Å². The molecule has 0 heterocycles. The maximum absolute atomic E-state index is 10.3. The van der Waals surface area contributed by atoms with Crippen LogP contribution in [0.1, 0.15) is 16.7 Å². The lowest BCUT2D eigenvalue weighted by atomic mass is 10.1.